The summed E-state index contributed by atoms with van der Waals surface area (Å²) in [5.41, 5.74) is 20.9. The largest absolute Gasteiger partial charge is 0.309 e. The molecule has 3 aromatic heterocycles. The molecule has 1 aliphatic carbocycles. The van der Waals surface area contributed by atoms with Crippen molar-refractivity contribution in [2.75, 3.05) is 0 Å². The molecule has 310 valence electrons. The van der Waals surface area contributed by atoms with Crippen molar-refractivity contribution >= 4 is 65.4 Å². The van der Waals surface area contributed by atoms with Gasteiger partial charge < -0.3 is 13.7 Å². The predicted octanol–water partition coefficient (Wildman–Crippen LogP) is 16.6. The number of hydrogen-bond acceptors (Lipinski definition) is 0. The van der Waals surface area contributed by atoms with Crippen molar-refractivity contribution < 1.29 is 0 Å². The second-order valence-corrected chi connectivity index (χ2v) is 18.5. The molecular formula is C63H43N3. The number of benzene rings is 10. The van der Waals surface area contributed by atoms with Crippen molar-refractivity contribution in [1.82, 2.24) is 13.7 Å². The lowest BCUT2D eigenvalue weighted by Gasteiger charge is -2.21. The first-order chi connectivity index (χ1) is 32.5. The maximum atomic E-state index is 2.47. The van der Waals surface area contributed by atoms with Crippen molar-refractivity contribution in [2.45, 2.75) is 19.3 Å². The summed E-state index contributed by atoms with van der Waals surface area (Å²) in [6, 6.07) is 83.1. The van der Waals surface area contributed by atoms with E-state index in [-0.39, 0.29) is 5.41 Å². The molecule has 0 aliphatic heterocycles. The van der Waals surface area contributed by atoms with E-state index in [0.29, 0.717) is 0 Å². The predicted molar refractivity (Wildman–Crippen MR) is 278 cm³/mol. The van der Waals surface area contributed by atoms with E-state index in [9.17, 15) is 0 Å². The molecule has 66 heavy (non-hydrogen) atoms. The van der Waals surface area contributed by atoms with E-state index < -0.39 is 0 Å². The molecule has 0 unspecified atom stereocenters. The van der Waals surface area contributed by atoms with Crippen LogP contribution in [0.15, 0.2) is 224 Å². The van der Waals surface area contributed by atoms with Crippen LogP contribution in [0, 0.1) is 0 Å². The number of rotatable bonds is 5. The molecule has 3 nitrogen and oxygen atoms in total. The number of hydrogen-bond donors (Lipinski definition) is 0. The SMILES string of the molecule is CC1(C)c2ccccc2-c2cc3c4cc(-c5ccc6c(c5)c5cc(-c7ccc8c(c7)c7ccccc7n8-c7ccccc7)ccc5n6-c5ccccc5)ccc4n(-c4ccccc4)c3cc21. The summed E-state index contributed by atoms with van der Waals surface area (Å²) in [5, 5.41) is 7.51. The molecule has 0 saturated heterocycles. The Morgan fingerprint density at radius 2 is 0.621 bits per heavy atom. The Kier molecular flexibility index (Phi) is 7.74. The number of aromatic nitrogens is 3. The number of para-hydroxylation sites is 4. The van der Waals surface area contributed by atoms with Crippen LogP contribution in [0.5, 0.6) is 0 Å². The highest BCUT2D eigenvalue weighted by atomic mass is 15.0. The summed E-state index contributed by atoms with van der Waals surface area (Å²) < 4.78 is 7.27. The lowest BCUT2D eigenvalue weighted by molar-refractivity contribution is 0.661. The second-order valence-electron chi connectivity index (χ2n) is 18.5. The van der Waals surface area contributed by atoms with Crippen molar-refractivity contribution in [1.29, 1.82) is 0 Å². The standard InChI is InChI=1S/C63H43N3/c1-63(2)55-24-14-12-22-47(55)49-38-54-53-37-43(29-33-61(53)66(62(54)39-56(49)63)46-20-10-5-11-21-46)42-28-32-60-52(36-42)51-35-41(27-31-59(51)65(60)45-18-8-4-9-19-45)40-26-30-58-50(34-40)48-23-13-15-25-57(48)64(58)44-16-6-3-7-17-44/h3-39H,1-2H3. The molecule has 3 heteroatoms. The van der Waals surface area contributed by atoms with Crippen LogP contribution >= 0.6 is 0 Å². The summed E-state index contributed by atoms with van der Waals surface area (Å²) in [6.45, 7) is 4.74. The van der Waals surface area contributed by atoms with Gasteiger partial charge in [0.15, 0.2) is 0 Å². The molecule has 0 saturated carbocycles. The summed E-state index contributed by atoms with van der Waals surface area (Å²) in [4.78, 5) is 0. The highest BCUT2D eigenvalue weighted by molar-refractivity contribution is 6.15. The van der Waals surface area contributed by atoms with Gasteiger partial charge in [0.05, 0.1) is 33.1 Å². The van der Waals surface area contributed by atoms with Crippen LogP contribution in [0.4, 0.5) is 0 Å². The van der Waals surface area contributed by atoms with Gasteiger partial charge in [0.1, 0.15) is 0 Å². The Morgan fingerprint density at radius 1 is 0.258 bits per heavy atom. The van der Waals surface area contributed by atoms with Crippen LogP contribution in [0.25, 0.3) is 116 Å². The van der Waals surface area contributed by atoms with Crippen LogP contribution in [-0.2, 0) is 5.41 Å². The zero-order chi connectivity index (χ0) is 43.7. The smallest absolute Gasteiger partial charge is 0.0544 e. The van der Waals surface area contributed by atoms with Gasteiger partial charge in [-0.3, -0.25) is 0 Å². The minimum atomic E-state index is -0.0903. The molecule has 0 amide bonds. The van der Waals surface area contributed by atoms with Gasteiger partial charge in [0.25, 0.3) is 0 Å². The van der Waals surface area contributed by atoms with E-state index in [1.165, 1.54) is 121 Å². The van der Waals surface area contributed by atoms with E-state index >= 15 is 0 Å². The van der Waals surface area contributed by atoms with Crippen LogP contribution in [0.1, 0.15) is 25.0 Å². The molecule has 10 aromatic carbocycles. The lowest BCUT2D eigenvalue weighted by atomic mass is 9.82. The van der Waals surface area contributed by atoms with Gasteiger partial charge in [0, 0.05) is 54.8 Å². The van der Waals surface area contributed by atoms with Gasteiger partial charge in [-0.05, 0) is 148 Å². The molecule has 14 rings (SSSR count). The third-order valence-electron chi connectivity index (χ3n) is 14.6. The van der Waals surface area contributed by atoms with E-state index in [1.54, 1.807) is 0 Å². The molecule has 1 aliphatic rings. The van der Waals surface area contributed by atoms with E-state index in [2.05, 4.69) is 252 Å². The normalized spacial score (nSPS) is 13.1. The average molecular weight is 842 g/mol. The molecule has 0 radical (unpaired) electrons. The summed E-state index contributed by atoms with van der Waals surface area (Å²) in [6.07, 6.45) is 0. The average Bonchev–Trinajstić information content (AvgIpc) is 4.06. The number of fused-ring (bicyclic) bond motifs is 12. The molecule has 0 bridgehead atoms. The van der Waals surface area contributed by atoms with Crippen LogP contribution < -0.4 is 0 Å². The van der Waals surface area contributed by atoms with Gasteiger partial charge in [-0.1, -0.05) is 135 Å². The van der Waals surface area contributed by atoms with Crippen LogP contribution in [0.2, 0.25) is 0 Å². The Balaban J connectivity index is 0.968. The minimum Gasteiger partial charge on any atom is -0.309 e. The maximum absolute atomic E-state index is 2.47. The van der Waals surface area contributed by atoms with Gasteiger partial charge >= 0.3 is 0 Å². The zero-order valence-electron chi connectivity index (χ0n) is 36.7. The first-order valence-electron chi connectivity index (χ1n) is 23.0. The zero-order valence-corrected chi connectivity index (χ0v) is 36.7. The van der Waals surface area contributed by atoms with E-state index in [1.807, 2.05) is 0 Å². The fourth-order valence-electron chi connectivity index (χ4n) is 11.5. The Bertz CT molecular complexity index is 4110. The Morgan fingerprint density at radius 3 is 1.11 bits per heavy atom. The van der Waals surface area contributed by atoms with Crippen LogP contribution in [0.3, 0.4) is 0 Å². The summed E-state index contributed by atoms with van der Waals surface area (Å²) >= 11 is 0. The summed E-state index contributed by atoms with van der Waals surface area (Å²) in [5.74, 6) is 0. The first-order valence-corrected chi connectivity index (χ1v) is 23.0. The van der Waals surface area contributed by atoms with Crippen molar-refractivity contribution in [3.63, 3.8) is 0 Å². The van der Waals surface area contributed by atoms with Crippen LogP contribution in [-0.4, -0.2) is 13.7 Å². The lowest BCUT2D eigenvalue weighted by Crippen LogP contribution is -2.14. The number of nitrogens with zero attached hydrogens (tertiary/aromatic N) is 3. The second kappa shape index (κ2) is 13.8. The highest BCUT2D eigenvalue weighted by Gasteiger charge is 2.36. The molecule has 0 spiro atoms. The van der Waals surface area contributed by atoms with Crippen molar-refractivity contribution in [2.24, 2.45) is 0 Å². The highest BCUT2D eigenvalue weighted by Crippen LogP contribution is 2.51. The molecular weight excluding hydrogens is 799 g/mol. The maximum Gasteiger partial charge on any atom is 0.0544 e. The first kappa shape index (κ1) is 37.0. The van der Waals surface area contributed by atoms with Gasteiger partial charge in [-0.2, -0.15) is 0 Å². The minimum absolute atomic E-state index is 0.0903. The van der Waals surface area contributed by atoms with E-state index in [0.717, 1.165) is 5.69 Å². The third kappa shape index (κ3) is 5.26. The Labute approximate surface area is 382 Å². The molecule has 3 heterocycles. The summed E-state index contributed by atoms with van der Waals surface area (Å²) in [7, 11) is 0. The topological polar surface area (TPSA) is 14.8 Å². The molecule has 0 fully saturated rings. The monoisotopic (exact) mass is 841 g/mol. The van der Waals surface area contributed by atoms with Gasteiger partial charge in [-0.15, -0.1) is 0 Å². The van der Waals surface area contributed by atoms with Gasteiger partial charge in [0.2, 0.25) is 0 Å². The quantitative estimate of drug-likeness (QED) is 0.164. The fraction of sp³-hybridized carbons (Fsp3) is 0.0476. The van der Waals surface area contributed by atoms with Crippen molar-refractivity contribution in [3.8, 4) is 50.4 Å². The molecule has 0 atom stereocenters. The van der Waals surface area contributed by atoms with Gasteiger partial charge in [-0.25, -0.2) is 0 Å². The van der Waals surface area contributed by atoms with Crippen molar-refractivity contribution in [3.05, 3.63) is 236 Å². The third-order valence-corrected chi connectivity index (χ3v) is 14.6. The Hall–Kier alpha value is -8.40. The molecule has 0 N–H and O–H groups in total. The molecule has 13 aromatic rings. The van der Waals surface area contributed by atoms with E-state index in [4.69, 9.17) is 0 Å². The fourth-order valence-corrected chi connectivity index (χ4v) is 11.5.